The lowest BCUT2D eigenvalue weighted by atomic mass is 10.1. The molecule has 0 radical (unpaired) electrons. The molecule has 0 atom stereocenters. The van der Waals surface area contributed by atoms with Gasteiger partial charge in [-0.1, -0.05) is 0 Å². The van der Waals surface area contributed by atoms with E-state index in [4.69, 9.17) is 9.47 Å². The van der Waals surface area contributed by atoms with Crippen molar-refractivity contribution in [1.82, 2.24) is 21.3 Å². The van der Waals surface area contributed by atoms with Gasteiger partial charge in [0.2, 0.25) is 11.8 Å². The van der Waals surface area contributed by atoms with E-state index in [1.54, 1.807) is 41.5 Å². The number of amides is 4. The molecule has 184 valence electrons. The normalized spacial score (nSPS) is 11.3. The van der Waals surface area contributed by atoms with Crippen molar-refractivity contribution in [2.45, 2.75) is 65.6 Å². The van der Waals surface area contributed by atoms with Crippen molar-refractivity contribution in [2.75, 3.05) is 26.2 Å². The second-order valence-corrected chi connectivity index (χ2v) is 9.00. The van der Waals surface area contributed by atoms with Crippen LogP contribution in [-0.4, -0.2) is 72.5 Å². The maximum Gasteiger partial charge on any atom is 0.407 e. The summed E-state index contributed by atoms with van der Waals surface area (Å²) in [6, 6.07) is 0. The number of rotatable bonds is 11. The van der Waals surface area contributed by atoms with Gasteiger partial charge >= 0.3 is 18.2 Å². The fraction of sp³-hybridized carbons (Fsp3) is 0.750. The van der Waals surface area contributed by atoms with E-state index < -0.39 is 47.1 Å². The number of ether oxygens (including phenoxy) is 2. The molecule has 32 heavy (non-hydrogen) atoms. The Morgan fingerprint density at radius 3 is 1.31 bits per heavy atom. The molecule has 5 N–H and O–H groups in total. The van der Waals surface area contributed by atoms with E-state index in [-0.39, 0.29) is 39.0 Å². The van der Waals surface area contributed by atoms with Gasteiger partial charge in [-0.25, -0.2) is 9.59 Å². The smallest absolute Gasteiger partial charge is 0.407 e. The summed E-state index contributed by atoms with van der Waals surface area (Å²) in [5.74, 6) is -3.15. The van der Waals surface area contributed by atoms with Gasteiger partial charge in [0.15, 0.2) is 0 Å². The summed E-state index contributed by atoms with van der Waals surface area (Å²) in [4.78, 5) is 58.0. The van der Waals surface area contributed by atoms with Crippen molar-refractivity contribution in [3.8, 4) is 0 Å². The van der Waals surface area contributed by atoms with Crippen LogP contribution < -0.4 is 21.3 Å². The molecule has 0 rings (SSSR count). The van der Waals surface area contributed by atoms with E-state index in [0.717, 1.165) is 0 Å². The van der Waals surface area contributed by atoms with Crippen molar-refractivity contribution >= 4 is 30.0 Å². The van der Waals surface area contributed by atoms with Crippen LogP contribution in [-0.2, 0) is 23.9 Å². The van der Waals surface area contributed by atoms with Crippen molar-refractivity contribution in [1.29, 1.82) is 0 Å². The molecule has 12 heteroatoms. The molecule has 0 saturated carbocycles. The molecule has 0 aliphatic carbocycles. The Kier molecular flexibility index (Phi) is 12.1. The number of carbonyl (C=O) groups is 5. The van der Waals surface area contributed by atoms with Crippen LogP contribution in [0.1, 0.15) is 54.4 Å². The quantitative estimate of drug-likeness (QED) is 0.300. The van der Waals surface area contributed by atoms with Crippen LogP contribution in [0.25, 0.3) is 0 Å². The molecule has 4 amide bonds. The van der Waals surface area contributed by atoms with Gasteiger partial charge in [0.25, 0.3) is 0 Å². The Hall–Kier alpha value is -3.05. The maximum absolute atomic E-state index is 11.8. The summed E-state index contributed by atoms with van der Waals surface area (Å²) in [6.45, 7) is 9.92. The fourth-order valence-electron chi connectivity index (χ4n) is 2.08. The molecule has 0 spiro atoms. The van der Waals surface area contributed by atoms with Crippen LogP contribution in [0.2, 0.25) is 0 Å². The van der Waals surface area contributed by atoms with Gasteiger partial charge in [0.1, 0.15) is 11.2 Å². The topological polar surface area (TPSA) is 172 Å². The van der Waals surface area contributed by atoms with Crippen molar-refractivity contribution in [2.24, 2.45) is 5.92 Å². The first-order chi connectivity index (χ1) is 14.6. The average molecular weight is 461 g/mol. The van der Waals surface area contributed by atoms with E-state index in [9.17, 15) is 29.1 Å². The van der Waals surface area contributed by atoms with Gasteiger partial charge in [-0.2, -0.15) is 0 Å². The second-order valence-electron chi connectivity index (χ2n) is 9.00. The Morgan fingerprint density at radius 1 is 0.688 bits per heavy atom. The van der Waals surface area contributed by atoms with Gasteiger partial charge in [0.05, 0.1) is 5.92 Å². The molecule has 0 saturated heterocycles. The number of hydrogen-bond acceptors (Lipinski definition) is 7. The third-order valence-corrected chi connectivity index (χ3v) is 3.48. The molecule has 0 aliphatic heterocycles. The lowest BCUT2D eigenvalue weighted by Crippen LogP contribution is -2.42. The van der Waals surface area contributed by atoms with E-state index in [2.05, 4.69) is 21.3 Å². The third kappa shape index (κ3) is 16.7. The highest BCUT2D eigenvalue weighted by Gasteiger charge is 2.20. The van der Waals surface area contributed by atoms with Crippen LogP contribution in [0.5, 0.6) is 0 Å². The molecule has 0 aromatic rings. The number of alkyl carbamates (subject to hydrolysis) is 2. The van der Waals surface area contributed by atoms with Gasteiger partial charge in [-0.05, 0) is 41.5 Å². The van der Waals surface area contributed by atoms with Crippen LogP contribution in [0, 0.1) is 5.92 Å². The van der Waals surface area contributed by atoms with Crippen LogP contribution in [0.3, 0.4) is 0 Å². The van der Waals surface area contributed by atoms with Gasteiger partial charge < -0.3 is 35.8 Å². The minimum atomic E-state index is -1.19. The lowest BCUT2D eigenvalue weighted by molar-refractivity contribution is -0.141. The van der Waals surface area contributed by atoms with Gasteiger partial charge in [0, 0.05) is 39.0 Å². The minimum Gasteiger partial charge on any atom is -0.481 e. The molecular weight excluding hydrogens is 424 g/mol. The molecule has 0 heterocycles. The summed E-state index contributed by atoms with van der Waals surface area (Å²) in [5, 5.41) is 19.0. The van der Waals surface area contributed by atoms with E-state index >= 15 is 0 Å². The first kappa shape index (κ1) is 28.9. The van der Waals surface area contributed by atoms with Gasteiger partial charge in [-0.3, -0.25) is 14.4 Å². The van der Waals surface area contributed by atoms with Crippen molar-refractivity contribution < 1.29 is 38.6 Å². The van der Waals surface area contributed by atoms with Crippen molar-refractivity contribution in [3.05, 3.63) is 0 Å². The van der Waals surface area contributed by atoms with Crippen molar-refractivity contribution in [3.63, 3.8) is 0 Å². The van der Waals surface area contributed by atoms with Crippen LogP contribution in [0.15, 0.2) is 0 Å². The Bertz CT molecular complexity index is 617. The number of nitrogens with one attached hydrogen (secondary N) is 4. The highest BCUT2D eigenvalue weighted by atomic mass is 16.6. The number of aliphatic carboxylic acids is 1. The fourth-order valence-corrected chi connectivity index (χ4v) is 2.08. The molecule has 0 fully saturated rings. The zero-order valence-corrected chi connectivity index (χ0v) is 19.6. The van der Waals surface area contributed by atoms with E-state index in [1.807, 2.05) is 0 Å². The molecule has 0 aliphatic rings. The predicted octanol–water partition coefficient (Wildman–Crippen LogP) is 0.749. The second kappa shape index (κ2) is 13.4. The standard InChI is InChI=1S/C20H36N4O8/c1-19(2,3)31-17(29)21-9-7-14(25)23-11-13(16(27)28)12-24-15(26)8-10-22-18(30)32-20(4,5)6/h13H,7-12H2,1-6H3,(H,21,29)(H,22,30)(H,23,25)(H,24,26)(H,27,28). The summed E-state index contributed by atoms with van der Waals surface area (Å²) >= 11 is 0. The highest BCUT2D eigenvalue weighted by molar-refractivity contribution is 5.79. The molecule has 0 aromatic carbocycles. The molecular formula is C20H36N4O8. The SMILES string of the molecule is CC(C)(C)OC(=O)NCCC(=O)NCC(CNC(=O)CCNC(=O)OC(C)(C)C)C(=O)O. The van der Waals surface area contributed by atoms with Gasteiger partial charge in [-0.15, -0.1) is 0 Å². The molecule has 0 unspecified atom stereocenters. The Balaban J connectivity index is 4.17. The predicted molar refractivity (Wildman–Crippen MR) is 115 cm³/mol. The highest BCUT2D eigenvalue weighted by Crippen LogP contribution is 2.07. The molecule has 12 nitrogen and oxygen atoms in total. The third-order valence-electron chi connectivity index (χ3n) is 3.48. The van der Waals surface area contributed by atoms with E-state index in [1.165, 1.54) is 0 Å². The first-order valence-electron chi connectivity index (χ1n) is 10.3. The first-order valence-corrected chi connectivity index (χ1v) is 10.3. The summed E-state index contributed by atoms with van der Waals surface area (Å²) in [6.07, 6.45) is -1.43. The number of carboxylic acid groups (broad SMARTS) is 1. The molecule has 0 bridgehead atoms. The summed E-state index contributed by atoms with van der Waals surface area (Å²) < 4.78 is 10.1. The largest absolute Gasteiger partial charge is 0.481 e. The lowest BCUT2D eigenvalue weighted by Gasteiger charge is -2.19. The van der Waals surface area contributed by atoms with Crippen LogP contribution >= 0.6 is 0 Å². The van der Waals surface area contributed by atoms with E-state index in [0.29, 0.717) is 0 Å². The maximum atomic E-state index is 11.8. The summed E-state index contributed by atoms with van der Waals surface area (Å²) in [7, 11) is 0. The van der Waals surface area contributed by atoms with Crippen LogP contribution in [0.4, 0.5) is 9.59 Å². The Morgan fingerprint density at radius 2 is 1.03 bits per heavy atom. The Labute approximate surface area is 188 Å². The zero-order valence-electron chi connectivity index (χ0n) is 19.6. The molecule has 0 aromatic heterocycles. The number of carboxylic acids is 1. The summed E-state index contributed by atoms with van der Waals surface area (Å²) in [5.41, 5.74) is -1.31. The monoisotopic (exact) mass is 460 g/mol. The number of hydrogen-bond donors (Lipinski definition) is 5. The zero-order chi connectivity index (χ0) is 24.9. The number of carbonyl (C=O) groups excluding carboxylic acids is 4. The minimum absolute atomic E-state index is 0.0276. The average Bonchev–Trinajstić information content (AvgIpc) is 2.58.